The second-order valence-corrected chi connectivity index (χ2v) is 7.46. The van der Waals surface area contributed by atoms with E-state index < -0.39 is 6.10 Å². The lowest BCUT2D eigenvalue weighted by atomic mass is 9.61. The van der Waals surface area contributed by atoms with E-state index in [0.717, 1.165) is 31.2 Å². The van der Waals surface area contributed by atoms with Crippen LogP contribution in [0.4, 0.5) is 4.39 Å². The molecule has 0 saturated carbocycles. The first-order valence-electron chi connectivity index (χ1n) is 10.3. The van der Waals surface area contributed by atoms with Crippen LogP contribution in [0.3, 0.4) is 0 Å². The third kappa shape index (κ3) is 3.04. The van der Waals surface area contributed by atoms with Gasteiger partial charge in [0, 0.05) is 11.3 Å². The van der Waals surface area contributed by atoms with Gasteiger partial charge in [0.1, 0.15) is 5.82 Å². The minimum absolute atomic E-state index is 0.0801. The topological polar surface area (TPSA) is 20.2 Å². The highest BCUT2D eigenvalue weighted by Gasteiger charge is 2.50. The van der Waals surface area contributed by atoms with E-state index in [-0.39, 0.29) is 17.2 Å². The molecule has 1 aromatic carbocycles. The van der Waals surface area contributed by atoms with Gasteiger partial charge in [0.2, 0.25) is 0 Å². The van der Waals surface area contributed by atoms with Crippen LogP contribution in [0.2, 0.25) is 0 Å². The molecule has 2 unspecified atom stereocenters. The van der Waals surface area contributed by atoms with Crippen molar-refractivity contribution in [1.29, 1.82) is 0 Å². The van der Waals surface area contributed by atoms with E-state index in [1.165, 1.54) is 34.4 Å². The van der Waals surface area contributed by atoms with Crippen molar-refractivity contribution in [3.63, 3.8) is 0 Å². The van der Waals surface area contributed by atoms with Crippen molar-refractivity contribution in [2.75, 3.05) is 0 Å². The average Bonchev–Trinajstić information content (AvgIpc) is 2.96. The first kappa shape index (κ1) is 19.8. The zero-order valence-corrected chi connectivity index (χ0v) is 16.9. The van der Waals surface area contributed by atoms with Gasteiger partial charge in [0.15, 0.2) is 0 Å². The summed E-state index contributed by atoms with van der Waals surface area (Å²) in [7, 11) is 0. The van der Waals surface area contributed by atoms with Gasteiger partial charge in [-0.25, -0.2) is 4.39 Å². The molecule has 0 fully saturated rings. The lowest BCUT2D eigenvalue weighted by Gasteiger charge is -2.43. The molecule has 2 atom stereocenters. The molecule has 1 N–H and O–H groups in total. The molecule has 0 bridgehead atoms. The summed E-state index contributed by atoms with van der Waals surface area (Å²) in [6, 6.07) is 6.29. The lowest BCUT2D eigenvalue weighted by Crippen LogP contribution is -2.35. The van der Waals surface area contributed by atoms with Crippen LogP contribution < -0.4 is 0 Å². The summed E-state index contributed by atoms with van der Waals surface area (Å²) in [6.45, 7) is 8.93. The third-order valence-electron chi connectivity index (χ3n) is 6.37. The van der Waals surface area contributed by atoms with Crippen molar-refractivity contribution in [1.82, 2.24) is 0 Å². The van der Waals surface area contributed by atoms with Crippen LogP contribution in [0.25, 0.3) is 0 Å². The molecule has 0 heterocycles. The fourth-order valence-electron chi connectivity index (χ4n) is 5.39. The molecule has 1 aromatic rings. The molecule has 1 spiro atoms. The number of hydrogen-bond acceptors (Lipinski definition) is 1. The maximum Gasteiger partial charge on any atom is 0.123 e. The first-order valence-corrected chi connectivity index (χ1v) is 10.3. The van der Waals surface area contributed by atoms with Crippen LogP contribution >= 0.6 is 0 Å². The number of hydrogen-bond donors (Lipinski definition) is 1. The molecule has 3 rings (SSSR count). The second kappa shape index (κ2) is 7.98. The molecule has 0 amide bonds. The molecular weight excluding hydrogens is 335 g/mol. The molecule has 2 aliphatic carbocycles. The Kier molecular flexibility index (Phi) is 5.86. The highest BCUT2D eigenvalue weighted by molar-refractivity contribution is 5.59. The van der Waals surface area contributed by atoms with Crippen molar-refractivity contribution in [3.05, 3.63) is 82.2 Å². The molecule has 0 aliphatic heterocycles. The molecule has 0 saturated heterocycles. The number of aliphatic hydroxyl groups is 1. The number of aliphatic hydroxyl groups excluding tert-OH is 1. The monoisotopic (exact) mass is 366 g/mol. The van der Waals surface area contributed by atoms with E-state index in [9.17, 15) is 9.50 Å². The zero-order chi connectivity index (χ0) is 19.6. The summed E-state index contributed by atoms with van der Waals surface area (Å²) in [5, 5.41) is 11.4. The predicted molar refractivity (Wildman–Crippen MR) is 111 cm³/mol. The lowest BCUT2D eigenvalue weighted by molar-refractivity contribution is 0.0928. The maximum absolute atomic E-state index is 13.4. The fourth-order valence-corrected chi connectivity index (χ4v) is 5.39. The highest BCUT2D eigenvalue weighted by Crippen LogP contribution is 2.60. The largest absolute Gasteiger partial charge is 0.388 e. The normalized spacial score (nSPS) is 22.2. The van der Waals surface area contributed by atoms with Gasteiger partial charge in [-0.3, -0.25) is 0 Å². The quantitative estimate of drug-likeness (QED) is 0.584. The van der Waals surface area contributed by atoms with E-state index in [1.807, 2.05) is 6.08 Å². The van der Waals surface area contributed by atoms with Gasteiger partial charge < -0.3 is 5.11 Å². The SMILES string of the molecule is CCC1=C(CC)C2(C=CC=CC2C(O)c2ccc(F)cc2)C(CC)=C1CC. The highest BCUT2D eigenvalue weighted by atomic mass is 19.1. The number of rotatable bonds is 6. The van der Waals surface area contributed by atoms with Crippen molar-refractivity contribution in [2.45, 2.75) is 59.5 Å². The Morgan fingerprint density at radius 3 is 1.93 bits per heavy atom. The second-order valence-electron chi connectivity index (χ2n) is 7.46. The van der Waals surface area contributed by atoms with Crippen molar-refractivity contribution in [2.24, 2.45) is 11.3 Å². The van der Waals surface area contributed by atoms with E-state index in [1.54, 1.807) is 12.1 Å². The molecule has 0 radical (unpaired) electrons. The maximum atomic E-state index is 13.4. The predicted octanol–water partition coefficient (Wildman–Crippen LogP) is 6.83. The molecule has 2 aliphatic rings. The number of allylic oxidation sites excluding steroid dienone is 7. The van der Waals surface area contributed by atoms with Gasteiger partial charge >= 0.3 is 0 Å². The standard InChI is InChI=1S/C25H31FO/c1-5-19-20(6-2)22(8-4)25(21(19)7-3)16-10-9-11-23(25)24(27)17-12-14-18(26)15-13-17/h9-16,23-24,27H,5-8H2,1-4H3. The van der Waals surface area contributed by atoms with Gasteiger partial charge in [-0.15, -0.1) is 0 Å². The Labute approximate surface area is 163 Å². The molecular formula is C25H31FO. The van der Waals surface area contributed by atoms with Gasteiger partial charge in [0.05, 0.1) is 6.10 Å². The average molecular weight is 367 g/mol. The van der Waals surface area contributed by atoms with Gasteiger partial charge in [-0.1, -0.05) is 75.3 Å². The van der Waals surface area contributed by atoms with Crippen LogP contribution in [0.5, 0.6) is 0 Å². The summed E-state index contributed by atoms with van der Waals surface area (Å²) in [4.78, 5) is 0. The summed E-state index contributed by atoms with van der Waals surface area (Å²) in [5.74, 6) is -0.353. The minimum Gasteiger partial charge on any atom is -0.388 e. The Morgan fingerprint density at radius 1 is 0.889 bits per heavy atom. The molecule has 0 aromatic heterocycles. The fraction of sp³-hybridized carbons (Fsp3) is 0.440. The Hall–Kier alpha value is -1.93. The molecule has 1 nitrogen and oxygen atoms in total. The smallest absolute Gasteiger partial charge is 0.123 e. The van der Waals surface area contributed by atoms with Gasteiger partial charge in [-0.2, -0.15) is 0 Å². The van der Waals surface area contributed by atoms with Crippen molar-refractivity contribution >= 4 is 0 Å². The molecule has 2 heteroatoms. The molecule has 27 heavy (non-hydrogen) atoms. The summed E-state index contributed by atoms with van der Waals surface area (Å²) in [6.07, 6.45) is 11.9. The zero-order valence-electron chi connectivity index (χ0n) is 16.9. The first-order chi connectivity index (χ1) is 13.0. The summed E-state index contributed by atoms with van der Waals surface area (Å²) >= 11 is 0. The summed E-state index contributed by atoms with van der Waals surface area (Å²) < 4.78 is 13.4. The third-order valence-corrected chi connectivity index (χ3v) is 6.37. The minimum atomic E-state index is -0.677. The Bertz CT molecular complexity index is 779. The van der Waals surface area contributed by atoms with Crippen LogP contribution in [0.1, 0.15) is 65.0 Å². The van der Waals surface area contributed by atoms with E-state index in [4.69, 9.17) is 0 Å². The van der Waals surface area contributed by atoms with Crippen molar-refractivity contribution in [3.8, 4) is 0 Å². The van der Waals surface area contributed by atoms with Crippen LogP contribution in [0, 0.1) is 17.2 Å². The molecule has 144 valence electrons. The van der Waals surface area contributed by atoms with Crippen LogP contribution in [0.15, 0.2) is 70.9 Å². The number of benzene rings is 1. The Balaban J connectivity index is 2.19. The van der Waals surface area contributed by atoms with Gasteiger partial charge in [-0.05, 0) is 54.5 Å². The van der Waals surface area contributed by atoms with Crippen LogP contribution in [-0.2, 0) is 0 Å². The summed E-state index contributed by atoms with van der Waals surface area (Å²) in [5.41, 5.74) is 6.37. The van der Waals surface area contributed by atoms with Gasteiger partial charge in [0.25, 0.3) is 0 Å². The van der Waals surface area contributed by atoms with E-state index in [2.05, 4.69) is 45.9 Å². The van der Waals surface area contributed by atoms with Crippen molar-refractivity contribution < 1.29 is 9.50 Å². The van der Waals surface area contributed by atoms with Crippen LogP contribution in [-0.4, -0.2) is 5.11 Å². The van der Waals surface area contributed by atoms with E-state index >= 15 is 0 Å². The Morgan fingerprint density at radius 2 is 1.44 bits per heavy atom. The number of halogens is 1. The van der Waals surface area contributed by atoms with E-state index in [0.29, 0.717) is 0 Å².